The first-order valence-electron chi connectivity index (χ1n) is 8.87. The molecule has 2 aromatic rings. The summed E-state index contributed by atoms with van der Waals surface area (Å²) in [4.78, 5) is 12.6. The van der Waals surface area contributed by atoms with Gasteiger partial charge in [0, 0.05) is 36.4 Å². The van der Waals surface area contributed by atoms with E-state index in [1.807, 2.05) is 35.4 Å². The van der Waals surface area contributed by atoms with Crippen LogP contribution in [0.4, 0.5) is 24.7 Å². The van der Waals surface area contributed by atoms with Crippen molar-refractivity contribution in [2.75, 3.05) is 36.7 Å². The number of anilines is 2. The minimum atomic E-state index is -4.39. The normalized spacial score (nSPS) is 17.0. The summed E-state index contributed by atoms with van der Waals surface area (Å²) in [6, 6.07) is 9.77. The highest BCUT2D eigenvalue weighted by Gasteiger charge is 2.32. The number of hydrogen-bond donors (Lipinski definition) is 0. The molecular weight excluding hydrogens is 369 g/mol. The van der Waals surface area contributed by atoms with Gasteiger partial charge >= 0.3 is 6.18 Å². The van der Waals surface area contributed by atoms with Crippen molar-refractivity contribution in [3.63, 3.8) is 0 Å². The highest BCUT2D eigenvalue weighted by Crippen LogP contribution is 2.34. The minimum Gasteiger partial charge on any atom is -0.497 e. The molecule has 1 aromatic heterocycles. The van der Waals surface area contributed by atoms with Crippen LogP contribution in [0, 0.1) is 0 Å². The third kappa shape index (κ3) is 3.54. The van der Waals surface area contributed by atoms with Crippen LogP contribution < -0.4 is 14.5 Å². The van der Waals surface area contributed by atoms with E-state index in [-0.39, 0.29) is 0 Å². The monoisotopic (exact) mass is 388 g/mol. The zero-order chi connectivity index (χ0) is 19.7. The fourth-order valence-electron chi connectivity index (χ4n) is 3.46. The van der Waals surface area contributed by atoms with Gasteiger partial charge in [-0.25, -0.2) is 4.98 Å². The maximum absolute atomic E-state index is 13.1. The molecule has 0 N–H and O–H groups in total. The number of pyridine rings is 1. The molecule has 2 aliphatic rings. The molecule has 28 heavy (non-hydrogen) atoms. The van der Waals surface area contributed by atoms with Crippen molar-refractivity contribution < 1.29 is 17.9 Å². The van der Waals surface area contributed by atoms with E-state index in [2.05, 4.69) is 14.9 Å². The Kier molecular flexibility index (Phi) is 4.70. The fraction of sp³-hybridized carbons (Fsp3) is 0.300. The van der Waals surface area contributed by atoms with Crippen LogP contribution in [-0.2, 0) is 6.18 Å². The van der Waals surface area contributed by atoms with Crippen LogP contribution in [0.5, 0.6) is 5.75 Å². The molecule has 0 bridgehead atoms. The van der Waals surface area contributed by atoms with Crippen LogP contribution in [0.3, 0.4) is 0 Å². The molecule has 0 radical (unpaired) electrons. The number of hydrogen-bond acceptors (Lipinski definition) is 5. The topological polar surface area (TPSA) is 41.0 Å². The van der Waals surface area contributed by atoms with Gasteiger partial charge in [0.2, 0.25) is 0 Å². The second-order valence-electron chi connectivity index (χ2n) is 6.63. The van der Waals surface area contributed by atoms with E-state index < -0.39 is 11.7 Å². The van der Waals surface area contributed by atoms with E-state index in [0.717, 1.165) is 34.8 Å². The molecule has 0 unspecified atom stereocenters. The Morgan fingerprint density at radius 1 is 1.14 bits per heavy atom. The van der Waals surface area contributed by atoms with E-state index >= 15 is 0 Å². The fourth-order valence-corrected chi connectivity index (χ4v) is 3.46. The third-order valence-corrected chi connectivity index (χ3v) is 4.92. The molecule has 0 atom stereocenters. The van der Waals surface area contributed by atoms with Crippen LogP contribution in [0.1, 0.15) is 12.0 Å². The van der Waals surface area contributed by atoms with E-state index in [9.17, 15) is 13.2 Å². The van der Waals surface area contributed by atoms with Crippen molar-refractivity contribution in [2.45, 2.75) is 12.6 Å². The lowest BCUT2D eigenvalue weighted by atomic mass is 10.0. The van der Waals surface area contributed by atoms with Gasteiger partial charge < -0.3 is 14.5 Å². The smallest absolute Gasteiger partial charge is 0.416 e. The highest BCUT2D eigenvalue weighted by molar-refractivity contribution is 5.84. The Balaban J connectivity index is 1.64. The number of alkyl halides is 3. The average Bonchev–Trinajstić information content (AvgIpc) is 2.72. The summed E-state index contributed by atoms with van der Waals surface area (Å²) in [7, 11) is 1.61. The van der Waals surface area contributed by atoms with Gasteiger partial charge in [-0.1, -0.05) is 6.07 Å². The molecule has 0 spiro atoms. The third-order valence-electron chi connectivity index (χ3n) is 4.92. The minimum absolute atomic E-state index is 0.328. The molecule has 0 saturated heterocycles. The lowest BCUT2D eigenvalue weighted by Crippen LogP contribution is -2.41. The molecule has 4 rings (SSSR count). The molecule has 2 aliphatic heterocycles. The number of nitrogens with zero attached hydrogens (tertiary/aromatic N) is 4. The summed E-state index contributed by atoms with van der Waals surface area (Å²) in [6.45, 7) is 1.51. The van der Waals surface area contributed by atoms with Gasteiger partial charge in [-0.15, -0.1) is 0 Å². The first kappa shape index (κ1) is 18.3. The standard InChI is InChI=1S/C20H19F3N4O/c1-28-17-4-2-3-16(10-17)27-13-24-11-14-6-8-26(12-18(14)27)19-9-15(5-7-25-19)20(21,22)23/h2-5,7,9-11H,6,8,12-13H2,1H3. The van der Waals surface area contributed by atoms with Crippen LogP contribution in [0.25, 0.3) is 0 Å². The number of methoxy groups -OCH3 is 1. The van der Waals surface area contributed by atoms with E-state index in [0.29, 0.717) is 32.0 Å². The maximum Gasteiger partial charge on any atom is 0.416 e. The molecule has 3 heterocycles. The summed E-state index contributed by atoms with van der Waals surface area (Å²) in [6.07, 6.45) is -0.619. The summed E-state index contributed by atoms with van der Waals surface area (Å²) in [5, 5.41) is 0. The number of benzene rings is 1. The molecule has 146 valence electrons. The maximum atomic E-state index is 13.1. The zero-order valence-corrected chi connectivity index (χ0v) is 15.3. The zero-order valence-electron chi connectivity index (χ0n) is 15.3. The van der Waals surface area contributed by atoms with Gasteiger partial charge in [-0.2, -0.15) is 13.2 Å². The Morgan fingerprint density at radius 3 is 2.79 bits per heavy atom. The molecule has 0 saturated carbocycles. The van der Waals surface area contributed by atoms with Crippen LogP contribution in [0.2, 0.25) is 0 Å². The van der Waals surface area contributed by atoms with E-state index in [4.69, 9.17) is 4.74 Å². The molecule has 0 aliphatic carbocycles. The second kappa shape index (κ2) is 7.18. The Bertz CT molecular complexity index is 939. The predicted molar refractivity (Wildman–Crippen MR) is 102 cm³/mol. The van der Waals surface area contributed by atoms with Crippen molar-refractivity contribution in [2.24, 2.45) is 4.99 Å². The Labute approximate surface area is 160 Å². The predicted octanol–water partition coefficient (Wildman–Crippen LogP) is 4.12. The summed E-state index contributed by atoms with van der Waals surface area (Å²) in [5.74, 6) is 1.07. The quantitative estimate of drug-likeness (QED) is 0.793. The van der Waals surface area contributed by atoms with Gasteiger partial charge in [0.05, 0.1) is 19.2 Å². The molecule has 0 fully saturated rings. The van der Waals surface area contributed by atoms with Crippen LogP contribution in [0.15, 0.2) is 58.9 Å². The largest absolute Gasteiger partial charge is 0.497 e. The van der Waals surface area contributed by atoms with Gasteiger partial charge in [0.25, 0.3) is 0 Å². The van der Waals surface area contributed by atoms with Gasteiger partial charge in [-0.3, -0.25) is 4.99 Å². The van der Waals surface area contributed by atoms with Crippen molar-refractivity contribution in [1.29, 1.82) is 0 Å². The van der Waals surface area contributed by atoms with E-state index in [1.54, 1.807) is 7.11 Å². The number of aromatic nitrogens is 1. The highest BCUT2D eigenvalue weighted by atomic mass is 19.4. The van der Waals surface area contributed by atoms with Crippen LogP contribution in [-0.4, -0.2) is 38.1 Å². The lowest BCUT2D eigenvalue weighted by Gasteiger charge is -2.38. The second-order valence-corrected chi connectivity index (χ2v) is 6.63. The number of rotatable bonds is 3. The summed E-state index contributed by atoms with van der Waals surface area (Å²) in [5.41, 5.74) is 2.36. The Morgan fingerprint density at radius 2 is 2.00 bits per heavy atom. The molecular formula is C20H19F3N4O. The van der Waals surface area contributed by atoms with E-state index in [1.165, 1.54) is 6.20 Å². The van der Waals surface area contributed by atoms with Crippen LogP contribution >= 0.6 is 0 Å². The van der Waals surface area contributed by atoms with Gasteiger partial charge in [0.15, 0.2) is 0 Å². The van der Waals surface area contributed by atoms with Crippen molar-refractivity contribution in [3.05, 3.63) is 59.4 Å². The first-order valence-corrected chi connectivity index (χ1v) is 8.87. The number of ether oxygens (including phenoxy) is 1. The van der Waals surface area contributed by atoms with Gasteiger partial charge in [-0.05, 0) is 36.3 Å². The van der Waals surface area contributed by atoms with Crippen molar-refractivity contribution >= 4 is 17.7 Å². The lowest BCUT2D eigenvalue weighted by molar-refractivity contribution is -0.137. The van der Waals surface area contributed by atoms with Gasteiger partial charge in [0.1, 0.15) is 18.2 Å². The molecule has 5 nitrogen and oxygen atoms in total. The number of halogens is 3. The van der Waals surface area contributed by atoms with Crippen molar-refractivity contribution in [3.8, 4) is 5.75 Å². The Hall–Kier alpha value is -3.03. The molecule has 1 aromatic carbocycles. The molecule has 0 amide bonds. The number of aliphatic imine (C=N–C) groups is 1. The summed E-state index contributed by atoms with van der Waals surface area (Å²) < 4.78 is 44.5. The first-order chi connectivity index (χ1) is 13.5. The summed E-state index contributed by atoms with van der Waals surface area (Å²) >= 11 is 0. The average molecular weight is 388 g/mol. The van der Waals surface area contributed by atoms with Crippen molar-refractivity contribution in [1.82, 2.24) is 4.98 Å². The molecule has 8 heteroatoms. The SMILES string of the molecule is COc1cccc(N2CN=CC3=C2CN(c2cc(C(F)(F)F)ccn2)CC3)c1.